The number of nitrogens with one attached hydrogen (secondary N) is 1. The standard InChI is InChI=1S/C11H17NO2/c1-2-4-8-10(14)12-9(13)7-11(8)5-3-6-11/h8H,2-7H2,1H3,(H,12,13,14). The zero-order valence-corrected chi connectivity index (χ0v) is 8.64. The first-order valence-electron chi connectivity index (χ1n) is 5.52. The molecule has 2 fully saturated rings. The summed E-state index contributed by atoms with van der Waals surface area (Å²) in [6.45, 7) is 2.09. The predicted octanol–water partition coefficient (Wildman–Crippen LogP) is 1.62. The maximum Gasteiger partial charge on any atom is 0.230 e. The van der Waals surface area contributed by atoms with E-state index >= 15 is 0 Å². The number of imide groups is 1. The van der Waals surface area contributed by atoms with Crippen molar-refractivity contribution in [1.82, 2.24) is 5.32 Å². The third-order valence-corrected chi connectivity index (χ3v) is 3.76. The SMILES string of the molecule is CCCC1C(=O)NC(=O)CC12CCC2. The summed E-state index contributed by atoms with van der Waals surface area (Å²) in [5.74, 6) is 0.00352. The van der Waals surface area contributed by atoms with Crippen LogP contribution in [0.25, 0.3) is 0 Å². The molecule has 1 atom stereocenters. The van der Waals surface area contributed by atoms with E-state index in [1.165, 1.54) is 6.42 Å². The molecule has 2 rings (SSSR count). The summed E-state index contributed by atoms with van der Waals surface area (Å²) in [5, 5.41) is 2.46. The normalized spacial score (nSPS) is 29.9. The highest BCUT2D eigenvalue weighted by atomic mass is 16.2. The largest absolute Gasteiger partial charge is 0.296 e. The Morgan fingerprint density at radius 3 is 2.64 bits per heavy atom. The average molecular weight is 195 g/mol. The molecule has 1 aliphatic heterocycles. The van der Waals surface area contributed by atoms with Gasteiger partial charge < -0.3 is 0 Å². The Morgan fingerprint density at radius 1 is 1.43 bits per heavy atom. The monoisotopic (exact) mass is 195 g/mol. The first-order valence-corrected chi connectivity index (χ1v) is 5.52. The van der Waals surface area contributed by atoms with Crippen molar-refractivity contribution in [3.8, 4) is 0 Å². The summed E-state index contributed by atoms with van der Waals surface area (Å²) in [7, 11) is 0. The van der Waals surface area contributed by atoms with E-state index in [0.29, 0.717) is 6.42 Å². The third kappa shape index (κ3) is 1.35. The van der Waals surface area contributed by atoms with Gasteiger partial charge in [0.05, 0.1) is 0 Å². The van der Waals surface area contributed by atoms with E-state index in [2.05, 4.69) is 12.2 Å². The van der Waals surface area contributed by atoms with Crippen molar-refractivity contribution in [3.63, 3.8) is 0 Å². The maximum absolute atomic E-state index is 11.7. The molecule has 0 aromatic carbocycles. The lowest BCUT2D eigenvalue weighted by atomic mass is 9.56. The van der Waals surface area contributed by atoms with E-state index in [4.69, 9.17) is 0 Å². The van der Waals surface area contributed by atoms with E-state index < -0.39 is 0 Å². The van der Waals surface area contributed by atoms with E-state index in [1.807, 2.05) is 0 Å². The van der Waals surface area contributed by atoms with E-state index in [9.17, 15) is 9.59 Å². The molecular formula is C11H17NO2. The molecule has 3 heteroatoms. The molecular weight excluding hydrogens is 178 g/mol. The summed E-state index contributed by atoms with van der Waals surface area (Å²) in [6, 6.07) is 0. The minimum absolute atomic E-state index is 0.0252. The number of rotatable bonds is 2. The number of carbonyl (C=O) groups excluding carboxylic acids is 2. The second kappa shape index (κ2) is 3.37. The van der Waals surface area contributed by atoms with Crippen LogP contribution in [0.2, 0.25) is 0 Å². The Balaban J connectivity index is 2.17. The van der Waals surface area contributed by atoms with Gasteiger partial charge in [-0.25, -0.2) is 0 Å². The quantitative estimate of drug-likeness (QED) is 0.680. The van der Waals surface area contributed by atoms with Crippen LogP contribution in [-0.4, -0.2) is 11.8 Å². The van der Waals surface area contributed by atoms with E-state index in [-0.39, 0.29) is 23.1 Å². The second-order valence-electron chi connectivity index (χ2n) is 4.65. The predicted molar refractivity (Wildman–Crippen MR) is 52.4 cm³/mol. The van der Waals surface area contributed by atoms with Crippen LogP contribution in [0.5, 0.6) is 0 Å². The molecule has 14 heavy (non-hydrogen) atoms. The van der Waals surface area contributed by atoms with Crippen LogP contribution < -0.4 is 5.32 Å². The lowest BCUT2D eigenvalue weighted by molar-refractivity contribution is -0.148. The molecule has 0 aromatic rings. The maximum atomic E-state index is 11.7. The Morgan fingerprint density at radius 2 is 2.14 bits per heavy atom. The Hall–Kier alpha value is -0.860. The molecule has 0 bridgehead atoms. The van der Waals surface area contributed by atoms with E-state index in [0.717, 1.165) is 25.7 Å². The molecule has 1 unspecified atom stereocenters. The molecule has 1 saturated carbocycles. The van der Waals surface area contributed by atoms with Crippen LogP contribution in [0.15, 0.2) is 0 Å². The summed E-state index contributed by atoms with van der Waals surface area (Å²) in [4.78, 5) is 23.0. The van der Waals surface area contributed by atoms with Gasteiger partial charge in [0.2, 0.25) is 11.8 Å². The minimum atomic E-state index is -0.0675. The van der Waals surface area contributed by atoms with Gasteiger partial charge in [0.1, 0.15) is 0 Å². The lowest BCUT2D eigenvalue weighted by Gasteiger charge is -2.49. The Kier molecular flexibility index (Phi) is 2.33. The van der Waals surface area contributed by atoms with Gasteiger partial charge >= 0.3 is 0 Å². The van der Waals surface area contributed by atoms with Crippen LogP contribution >= 0.6 is 0 Å². The molecule has 1 spiro atoms. The topological polar surface area (TPSA) is 46.2 Å². The number of hydrogen-bond donors (Lipinski definition) is 1. The highest BCUT2D eigenvalue weighted by Gasteiger charge is 2.51. The summed E-state index contributed by atoms with van der Waals surface area (Å²) >= 11 is 0. The van der Waals surface area contributed by atoms with Gasteiger partial charge in [-0.05, 0) is 24.7 Å². The second-order valence-corrected chi connectivity index (χ2v) is 4.65. The van der Waals surface area contributed by atoms with Crippen LogP contribution in [0, 0.1) is 11.3 Å². The van der Waals surface area contributed by atoms with E-state index in [1.54, 1.807) is 0 Å². The van der Waals surface area contributed by atoms with Gasteiger partial charge in [-0.2, -0.15) is 0 Å². The van der Waals surface area contributed by atoms with Crippen molar-refractivity contribution in [2.24, 2.45) is 11.3 Å². The molecule has 1 aliphatic carbocycles. The van der Waals surface area contributed by atoms with Crippen molar-refractivity contribution < 1.29 is 9.59 Å². The Labute approximate surface area is 84.2 Å². The van der Waals surface area contributed by atoms with Crippen LogP contribution in [-0.2, 0) is 9.59 Å². The summed E-state index contributed by atoms with van der Waals surface area (Å²) < 4.78 is 0. The highest BCUT2D eigenvalue weighted by Crippen LogP contribution is 2.52. The van der Waals surface area contributed by atoms with Crippen LogP contribution in [0.3, 0.4) is 0 Å². The van der Waals surface area contributed by atoms with Gasteiger partial charge in [-0.3, -0.25) is 14.9 Å². The van der Waals surface area contributed by atoms with Crippen LogP contribution in [0.4, 0.5) is 0 Å². The molecule has 2 amide bonds. The summed E-state index contributed by atoms with van der Waals surface area (Å²) in [6.07, 6.45) is 5.84. The lowest BCUT2D eigenvalue weighted by Crippen LogP contribution is -2.54. The van der Waals surface area contributed by atoms with Gasteiger partial charge in [0.25, 0.3) is 0 Å². The van der Waals surface area contributed by atoms with Gasteiger partial charge in [0.15, 0.2) is 0 Å². The molecule has 0 radical (unpaired) electrons. The van der Waals surface area contributed by atoms with Crippen molar-refractivity contribution in [1.29, 1.82) is 0 Å². The fraction of sp³-hybridized carbons (Fsp3) is 0.818. The molecule has 78 valence electrons. The number of amides is 2. The smallest absolute Gasteiger partial charge is 0.230 e. The molecule has 1 saturated heterocycles. The fourth-order valence-corrected chi connectivity index (χ4v) is 2.87. The number of hydrogen-bond acceptors (Lipinski definition) is 2. The van der Waals surface area contributed by atoms with Gasteiger partial charge in [-0.1, -0.05) is 19.8 Å². The molecule has 1 heterocycles. The third-order valence-electron chi connectivity index (χ3n) is 3.76. The van der Waals surface area contributed by atoms with Gasteiger partial charge in [0, 0.05) is 12.3 Å². The fourth-order valence-electron chi connectivity index (χ4n) is 2.87. The number of carbonyl (C=O) groups is 2. The highest BCUT2D eigenvalue weighted by molar-refractivity contribution is 5.99. The molecule has 1 N–H and O–H groups in total. The van der Waals surface area contributed by atoms with Crippen molar-refractivity contribution in [2.75, 3.05) is 0 Å². The zero-order valence-electron chi connectivity index (χ0n) is 8.64. The van der Waals surface area contributed by atoms with Crippen molar-refractivity contribution in [2.45, 2.75) is 45.4 Å². The van der Waals surface area contributed by atoms with Crippen LogP contribution in [0.1, 0.15) is 45.4 Å². The Bertz CT molecular complexity index is 268. The number of piperidine rings is 1. The van der Waals surface area contributed by atoms with Crippen molar-refractivity contribution >= 4 is 11.8 Å². The first kappa shape index (κ1) is 9.69. The van der Waals surface area contributed by atoms with Gasteiger partial charge in [-0.15, -0.1) is 0 Å². The molecule has 0 aromatic heterocycles. The minimum Gasteiger partial charge on any atom is -0.296 e. The summed E-state index contributed by atoms with van der Waals surface area (Å²) in [5.41, 5.74) is 0.0510. The molecule has 2 aliphatic rings. The zero-order chi connectivity index (χ0) is 10.2. The van der Waals surface area contributed by atoms with Crippen molar-refractivity contribution in [3.05, 3.63) is 0 Å². The average Bonchev–Trinajstić information content (AvgIpc) is 2.06. The first-order chi connectivity index (χ1) is 6.68. The molecule has 3 nitrogen and oxygen atoms in total.